The van der Waals surface area contributed by atoms with E-state index >= 15 is 0 Å². The minimum absolute atomic E-state index is 0.159. The first-order chi connectivity index (χ1) is 15.9. The minimum atomic E-state index is 0.159. The normalized spacial score (nSPS) is 22.2. The number of likely N-dealkylation sites (N-methyl/N-ethyl adjacent to an activating group) is 1. The third-order valence-corrected chi connectivity index (χ3v) is 7.76. The Kier molecular flexibility index (Phi) is 7.28. The number of aromatic nitrogens is 2. The van der Waals surface area contributed by atoms with Gasteiger partial charge in [0, 0.05) is 49.0 Å². The number of piperidine rings is 1. The summed E-state index contributed by atoms with van der Waals surface area (Å²) in [6.07, 6.45) is 7.98. The Morgan fingerprint density at radius 1 is 1.27 bits per heavy atom. The van der Waals surface area contributed by atoms with Gasteiger partial charge in [-0.05, 0) is 81.1 Å². The maximum atomic E-state index is 4.88. The summed E-state index contributed by atoms with van der Waals surface area (Å²) in [6.45, 7) is 18.1. The highest BCUT2D eigenvalue weighted by Gasteiger charge is 2.40. The molecule has 0 radical (unpaired) electrons. The van der Waals surface area contributed by atoms with Crippen LogP contribution in [-0.2, 0) is 7.05 Å². The number of nitrogens with one attached hydrogen (secondary N) is 2. The highest BCUT2D eigenvalue weighted by molar-refractivity contribution is 5.86. The zero-order valence-corrected chi connectivity index (χ0v) is 20.7. The number of nitrogens with zero attached hydrogens (tertiary/aromatic N) is 3. The van der Waals surface area contributed by atoms with E-state index in [1.807, 2.05) is 24.9 Å². The molecule has 1 aliphatic heterocycles. The van der Waals surface area contributed by atoms with Crippen LogP contribution in [0.1, 0.15) is 50.6 Å². The zero-order chi connectivity index (χ0) is 23.5. The molecule has 2 fully saturated rings. The van der Waals surface area contributed by atoms with E-state index in [-0.39, 0.29) is 5.92 Å². The van der Waals surface area contributed by atoms with Crippen molar-refractivity contribution in [3.63, 3.8) is 0 Å². The second-order valence-corrected chi connectivity index (χ2v) is 10.2. The van der Waals surface area contributed by atoms with Crippen LogP contribution >= 0.6 is 0 Å². The number of aryl methyl sites for hydroxylation is 1. The zero-order valence-electron chi connectivity index (χ0n) is 20.7. The molecule has 1 aliphatic carbocycles. The summed E-state index contributed by atoms with van der Waals surface area (Å²) in [6, 6.07) is 6.51. The molecule has 1 aromatic heterocycles. The van der Waals surface area contributed by atoms with Crippen LogP contribution in [-0.4, -0.2) is 41.4 Å². The quantitative estimate of drug-likeness (QED) is 0.437. The summed E-state index contributed by atoms with van der Waals surface area (Å²) in [7, 11) is 3.94. The van der Waals surface area contributed by atoms with E-state index in [0.717, 1.165) is 65.4 Å². The lowest BCUT2D eigenvalue weighted by atomic mass is 9.91. The van der Waals surface area contributed by atoms with Gasteiger partial charge in [0.15, 0.2) is 0 Å². The first kappa shape index (κ1) is 23.6. The third kappa shape index (κ3) is 5.35. The predicted octanol–water partition coefficient (Wildman–Crippen LogP) is 5.65. The molecular weight excluding hydrogens is 406 g/mol. The van der Waals surface area contributed by atoms with Crippen LogP contribution < -0.4 is 10.6 Å². The Bertz CT molecular complexity index is 1010. The molecule has 3 atom stereocenters. The Balaban J connectivity index is 1.40. The maximum absolute atomic E-state index is 4.88. The lowest BCUT2D eigenvalue weighted by Crippen LogP contribution is -2.36. The molecule has 33 heavy (non-hydrogen) atoms. The van der Waals surface area contributed by atoms with Crippen molar-refractivity contribution in [2.45, 2.75) is 44.9 Å². The second-order valence-electron chi connectivity index (χ2n) is 10.2. The molecule has 0 amide bonds. The summed E-state index contributed by atoms with van der Waals surface area (Å²) in [5.74, 6) is 3.08. The summed E-state index contributed by atoms with van der Waals surface area (Å²) < 4.78 is 1.98. The van der Waals surface area contributed by atoms with Crippen molar-refractivity contribution in [2.75, 3.05) is 32.0 Å². The number of anilines is 1. The van der Waals surface area contributed by atoms with Gasteiger partial charge in [0.05, 0.1) is 11.2 Å². The fourth-order valence-corrected chi connectivity index (χ4v) is 5.62. The molecule has 2 aromatic rings. The van der Waals surface area contributed by atoms with Crippen molar-refractivity contribution in [3.05, 3.63) is 61.1 Å². The average molecular weight is 448 g/mol. The average Bonchev–Trinajstić information content (AvgIpc) is 3.46. The minimum Gasteiger partial charge on any atom is -0.391 e. The number of hydrogen-bond acceptors (Lipinski definition) is 4. The van der Waals surface area contributed by atoms with E-state index in [2.05, 4.69) is 60.4 Å². The van der Waals surface area contributed by atoms with Gasteiger partial charge in [0.1, 0.15) is 0 Å². The Morgan fingerprint density at radius 3 is 2.64 bits per heavy atom. The molecule has 4 rings (SSSR count). The largest absolute Gasteiger partial charge is 0.391 e. The van der Waals surface area contributed by atoms with Gasteiger partial charge in [-0.15, -0.1) is 6.58 Å². The Labute approximate surface area is 199 Å². The summed E-state index contributed by atoms with van der Waals surface area (Å²) in [5, 5.41) is 12.8. The number of hydrogen-bond donors (Lipinski definition) is 2. The SMILES string of the molecule is C=CCCC(C(=C)NC)c1nn(C)c2cc(NC(=C)CN3CCC(C4CC4C)CC3)ccc12. The van der Waals surface area contributed by atoms with Gasteiger partial charge in [0.25, 0.3) is 0 Å². The van der Waals surface area contributed by atoms with Crippen LogP contribution in [0.15, 0.2) is 55.4 Å². The van der Waals surface area contributed by atoms with Crippen LogP contribution in [0.2, 0.25) is 0 Å². The molecule has 0 bridgehead atoms. The van der Waals surface area contributed by atoms with Crippen LogP contribution in [0.4, 0.5) is 5.69 Å². The molecule has 2 aliphatic rings. The van der Waals surface area contributed by atoms with E-state index < -0.39 is 0 Å². The van der Waals surface area contributed by atoms with Crippen molar-refractivity contribution >= 4 is 16.6 Å². The Morgan fingerprint density at radius 2 is 2.00 bits per heavy atom. The fraction of sp³-hybridized carbons (Fsp3) is 0.536. The van der Waals surface area contributed by atoms with Gasteiger partial charge >= 0.3 is 0 Å². The van der Waals surface area contributed by atoms with E-state index in [1.165, 1.54) is 37.7 Å². The lowest BCUT2D eigenvalue weighted by Gasteiger charge is -2.32. The molecule has 1 saturated heterocycles. The van der Waals surface area contributed by atoms with Crippen molar-refractivity contribution in [2.24, 2.45) is 24.8 Å². The van der Waals surface area contributed by atoms with Crippen LogP contribution in [0.3, 0.4) is 0 Å². The standard InChI is InChI=1S/C28H41N5/c1-7-8-9-24(21(4)29-5)28-25-11-10-23(17-27(25)32(6)31-28)30-20(3)18-33-14-12-22(13-15-33)26-16-19(26)2/h7,10-11,17,19,22,24,26,29-30H,1,3-4,8-9,12-16,18H2,2,5-6H3. The highest BCUT2D eigenvalue weighted by atomic mass is 15.3. The number of benzene rings is 1. The molecule has 2 N–H and O–H groups in total. The molecule has 1 saturated carbocycles. The molecule has 5 heteroatoms. The molecule has 2 heterocycles. The molecule has 0 spiro atoms. The number of fused-ring (bicyclic) bond motifs is 1. The van der Waals surface area contributed by atoms with E-state index in [0.29, 0.717) is 0 Å². The summed E-state index contributed by atoms with van der Waals surface area (Å²) >= 11 is 0. The van der Waals surface area contributed by atoms with Gasteiger partial charge in [0.2, 0.25) is 0 Å². The molecule has 5 nitrogen and oxygen atoms in total. The van der Waals surface area contributed by atoms with Crippen molar-refractivity contribution < 1.29 is 0 Å². The van der Waals surface area contributed by atoms with E-state index in [1.54, 1.807) is 0 Å². The van der Waals surface area contributed by atoms with Gasteiger partial charge in [-0.2, -0.15) is 5.10 Å². The van der Waals surface area contributed by atoms with Gasteiger partial charge in [-0.25, -0.2) is 0 Å². The summed E-state index contributed by atoms with van der Waals surface area (Å²) in [4.78, 5) is 2.55. The molecule has 178 valence electrons. The Hall–Kier alpha value is -2.53. The first-order valence-corrected chi connectivity index (χ1v) is 12.5. The first-order valence-electron chi connectivity index (χ1n) is 12.5. The summed E-state index contributed by atoms with van der Waals surface area (Å²) in [5.41, 5.74) is 5.31. The predicted molar refractivity (Wildman–Crippen MR) is 140 cm³/mol. The fourth-order valence-electron chi connectivity index (χ4n) is 5.62. The van der Waals surface area contributed by atoms with Crippen LogP contribution in [0.25, 0.3) is 10.9 Å². The van der Waals surface area contributed by atoms with Gasteiger partial charge in [-0.1, -0.05) is 26.2 Å². The highest BCUT2D eigenvalue weighted by Crippen LogP contribution is 2.47. The van der Waals surface area contributed by atoms with Gasteiger partial charge in [-0.3, -0.25) is 9.58 Å². The van der Waals surface area contributed by atoms with Crippen molar-refractivity contribution in [1.82, 2.24) is 20.0 Å². The van der Waals surface area contributed by atoms with Crippen molar-refractivity contribution in [3.8, 4) is 0 Å². The number of likely N-dealkylation sites (tertiary alicyclic amines) is 1. The third-order valence-electron chi connectivity index (χ3n) is 7.76. The van der Waals surface area contributed by atoms with E-state index in [4.69, 9.17) is 5.10 Å². The van der Waals surface area contributed by atoms with Crippen LogP contribution in [0, 0.1) is 17.8 Å². The van der Waals surface area contributed by atoms with Crippen molar-refractivity contribution in [1.29, 1.82) is 0 Å². The molecule has 1 aromatic carbocycles. The van der Waals surface area contributed by atoms with Crippen LogP contribution in [0.5, 0.6) is 0 Å². The number of allylic oxidation sites excluding steroid dienone is 2. The molecular formula is C28H41N5. The topological polar surface area (TPSA) is 45.1 Å². The maximum Gasteiger partial charge on any atom is 0.0792 e. The monoisotopic (exact) mass is 447 g/mol. The van der Waals surface area contributed by atoms with Gasteiger partial charge < -0.3 is 10.6 Å². The lowest BCUT2D eigenvalue weighted by molar-refractivity contribution is 0.181. The second kappa shape index (κ2) is 10.2. The molecule has 3 unspecified atom stereocenters. The smallest absolute Gasteiger partial charge is 0.0792 e. The van der Waals surface area contributed by atoms with E-state index in [9.17, 15) is 0 Å². The number of rotatable bonds is 11.